The summed E-state index contributed by atoms with van der Waals surface area (Å²) in [7, 11) is 5.07. The lowest BCUT2D eigenvalue weighted by molar-refractivity contribution is 0.410. The Kier molecular flexibility index (Phi) is 3.97. The zero-order valence-electron chi connectivity index (χ0n) is 11.0. The number of hydrogen-bond donors (Lipinski definition) is 2. The molecule has 0 unspecified atom stereocenters. The molecule has 0 spiro atoms. The maximum Gasteiger partial charge on any atom is 0.328 e. The van der Waals surface area contributed by atoms with Crippen LogP contribution in [0.25, 0.3) is 0 Å². The molecule has 0 aliphatic carbocycles. The second-order valence-electron chi connectivity index (χ2n) is 3.54. The summed E-state index contributed by atoms with van der Waals surface area (Å²) in [6.45, 7) is 0. The third-order valence-corrected chi connectivity index (χ3v) is 2.33. The largest absolute Gasteiger partial charge is 0.497 e. The van der Waals surface area contributed by atoms with E-state index in [4.69, 9.17) is 9.47 Å². The van der Waals surface area contributed by atoms with Gasteiger partial charge in [-0.2, -0.15) is 15.0 Å². The van der Waals surface area contributed by atoms with Crippen LogP contribution in [-0.4, -0.2) is 36.2 Å². The smallest absolute Gasteiger partial charge is 0.328 e. The molecule has 7 nitrogen and oxygen atoms in total. The zero-order valence-corrected chi connectivity index (χ0v) is 11.0. The lowest BCUT2D eigenvalue weighted by atomic mass is 10.3. The van der Waals surface area contributed by atoms with E-state index in [1.54, 1.807) is 45.5 Å². The first kappa shape index (κ1) is 12.9. The molecule has 0 bridgehead atoms. The van der Waals surface area contributed by atoms with Gasteiger partial charge in [-0.05, 0) is 24.3 Å². The van der Waals surface area contributed by atoms with Crippen molar-refractivity contribution in [2.24, 2.45) is 0 Å². The van der Waals surface area contributed by atoms with E-state index in [2.05, 4.69) is 25.6 Å². The van der Waals surface area contributed by atoms with Crippen molar-refractivity contribution in [2.45, 2.75) is 0 Å². The number of aromatic nitrogens is 3. The number of anilines is 2. The highest BCUT2D eigenvalue weighted by atomic mass is 16.5. The van der Waals surface area contributed by atoms with Crippen LogP contribution in [0.2, 0.25) is 0 Å². The number of nitrogens with zero attached hydrogens (tertiary/aromatic N) is 3. The first-order valence-corrected chi connectivity index (χ1v) is 5.68. The Balaban J connectivity index is 2.21. The van der Waals surface area contributed by atoms with Crippen molar-refractivity contribution in [3.05, 3.63) is 24.3 Å². The zero-order chi connectivity index (χ0) is 13.7. The van der Waals surface area contributed by atoms with Crippen LogP contribution in [0.3, 0.4) is 0 Å². The molecule has 0 saturated heterocycles. The van der Waals surface area contributed by atoms with Crippen LogP contribution in [0.4, 0.5) is 11.9 Å². The molecule has 0 fully saturated rings. The SMILES string of the molecule is CNc1nc(NC)nc(Oc2ccc(OC)cc2)n1. The van der Waals surface area contributed by atoms with Crippen molar-refractivity contribution in [1.29, 1.82) is 0 Å². The van der Waals surface area contributed by atoms with Gasteiger partial charge in [0.1, 0.15) is 11.5 Å². The van der Waals surface area contributed by atoms with Gasteiger partial charge in [0.25, 0.3) is 0 Å². The van der Waals surface area contributed by atoms with E-state index in [1.165, 1.54) is 0 Å². The summed E-state index contributed by atoms with van der Waals surface area (Å²) in [6.07, 6.45) is 0. The monoisotopic (exact) mass is 261 g/mol. The van der Waals surface area contributed by atoms with Gasteiger partial charge in [-0.25, -0.2) is 0 Å². The molecular weight excluding hydrogens is 246 g/mol. The second-order valence-corrected chi connectivity index (χ2v) is 3.54. The van der Waals surface area contributed by atoms with Gasteiger partial charge in [0.15, 0.2) is 0 Å². The Bertz CT molecular complexity index is 522. The van der Waals surface area contributed by atoms with Crippen molar-refractivity contribution >= 4 is 11.9 Å². The first-order chi connectivity index (χ1) is 9.25. The molecule has 2 rings (SSSR count). The molecule has 0 aliphatic rings. The van der Waals surface area contributed by atoms with Crippen molar-refractivity contribution < 1.29 is 9.47 Å². The molecule has 2 N–H and O–H groups in total. The standard InChI is InChI=1S/C12H15N5O2/c1-13-10-15-11(14-2)17-12(16-10)19-9-6-4-8(18-3)5-7-9/h4-7H,1-3H3,(H2,13,14,15,16,17). The Morgan fingerprint density at radius 3 is 1.84 bits per heavy atom. The summed E-state index contributed by atoms with van der Waals surface area (Å²) in [6, 6.07) is 7.37. The van der Waals surface area contributed by atoms with Crippen LogP contribution in [0.5, 0.6) is 17.5 Å². The first-order valence-electron chi connectivity index (χ1n) is 5.68. The normalized spacial score (nSPS) is 9.84. The Morgan fingerprint density at radius 2 is 1.37 bits per heavy atom. The molecule has 0 atom stereocenters. The molecule has 0 aliphatic heterocycles. The molecule has 1 aromatic heterocycles. The van der Waals surface area contributed by atoms with Gasteiger partial charge >= 0.3 is 6.01 Å². The highest BCUT2D eigenvalue weighted by Gasteiger charge is 2.06. The summed E-state index contributed by atoms with van der Waals surface area (Å²) in [5.41, 5.74) is 0. The average Bonchev–Trinajstić information content (AvgIpc) is 2.47. The highest BCUT2D eigenvalue weighted by molar-refractivity contribution is 5.37. The number of rotatable bonds is 5. The van der Waals surface area contributed by atoms with Gasteiger partial charge in [-0.1, -0.05) is 0 Å². The minimum atomic E-state index is 0.217. The average molecular weight is 261 g/mol. The summed E-state index contributed by atoms with van der Waals surface area (Å²) in [5.74, 6) is 2.25. The van der Waals surface area contributed by atoms with E-state index >= 15 is 0 Å². The number of nitrogens with one attached hydrogen (secondary N) is 2. The van der Waals surface area contributed by atoms with Crippen LogP contribution in [0, 0.1) is 0 Å². The number of hydrogen-bond acceptors (Lipinski definition) is 7. The topological polar surface area (TPSA) is 81.2 Å². The van der Waals surface area contributed by atoms with Gasteiger partial charge in [-0.3, -0.25) is 0 Å². The fourth-order valence-corrected chi connectivity index (χ4v) is 1.37. The van der Waals surface area contributed by atoms with Crippen LogP contribution in [-0.2, 0) is 0 Å². The van der Waals surface area contributed by atoms with Crippen LogP contribution < -0.4 is 20.1 Å². The van der Waals surface area contributed by atoms with Crippen molar-refractivity contribution in [3.63, 3.8) is 0 Å². The third kappa shape index (κ3) is 3.21. The molecule has 2 aromatic rings. The molecule has 100 valence electrons. The summed E-state index contributed by atoms with van der Waals surface area (Å²) < 4.78 is 10.6. The highest BCUT2D eigenvalue weighted by Crippen LogP contribution is 2.22. The molecule has 1 heterocycles. The molecule has 7 heteroatoms. The van der Waals surface area contributed by atoms with Gasteiger partial charge in [0.2, 0.25) is 11.9 Å². The van der Waals surface area contributed by atoms with E-state index in [1.807, 2.05) is 0 Å². The molecule has 19 heavy (non-hydrogen) atoms. The minimum Gasteiger partial charge on any atom is -0.497 e. The maximum absolute atomic E-state index is 5.57. The van der Waals surface area contributed by atoms with Gasteiger partial charge < -0.3 is 20.1 Å². The quantitative estimate of drug-likeness (QED) is 0.848. The van der Waals surface area contributed by atoms with E-state index in [0.717, 1.165) is 5.75 Å². The fraction of sp³-hybridized carbons (Fsp3) is 0.250. The molecular formula is C12H15N5O2. The fourth-order valence-electron chi connectivity index (χ4n) is 1.37. The Labute approximate surface area is 111 Å². The van der Waals surface area contributed by atoms with Crippen LogP contribution in [0.1, 0.15) is 0 Å². The van der Waals surface area contributed by atoms with Gasteiger partial charge in [0.05, 0.1) is 7.11 Å². The van der Waals surface area contributed by atoms with E-state index < -0.39 is 0 Å². The third-order valence-electron chi connectivity index (χ3n) is 2.33. The predicted molar refractivity (Wildman–Crippen MR) is 72.0 cm³/mol. The van der Waals surface area contributed by atoms with Crippen molar-refractivity contribution in [3.8, 4) is 17.5 Å². The molecule has 0 saturated carbocycles. The summed E-state index contributed by atoms with van der Waals surface area (Å²) in [4.78, 5) is 12.3. The molecule has 0 radical (unpaired) electrons. The van der Waals surface area contributed by atoms with E-state index in [-0.39, 0.29) is 6.01 Å². The summed E-state index contributed by atoms with van der Waals surface area (Å²) >= 11 is 0. The summed E-state index contributed by atoms with van der Waals surface area (Å²) in [5, 5.41) is 5.69. The molecule has 1 aromatic carbocycles. The Morgan fingerprint density at radius 1 is 0.842 bits per heavy atom. The number of ether oxygens (including phenoxy) is 2. The number of methoxy groups -OCH3 is 1. The van der Waals surface area contributed by atoms with Crippen molar-refractivity contribution in [2.75, 3.05) is 31.8 Å². The van der Waals surface area contributed by atoms with Crippen LogP contribution in [0.15, 0.2) is 24.3 Å². The van der Waals surface area contributed by atoms with Gasteiger partial charge in [0, 0.05) is 14.1 Å². The van der Waals surface area contributed by atoms with Gasteiger partial charge in [-0.15, -0.1) is 0 Å². The van der Waals surface area contributed by atoms with E-state index in [0.29, 0.717) is 17.6 Å². The van der Waals surface area contributed by atoms with E-state index in [9.17, 15) is 0 Å². The van der Waals surface area contributed by atoms with Crippen molar-refractivity contribution in [1.82, 2.24) is 15.0 Å². The Hall–Kier alpha value is -2.57. The minimum absolute atomic E-state index is 0.217. The molecule has 0 amide bonds. The lowest BCUT2D eigenvalue weighted by Gasteiger charge is -2.07. The lowest BCUT2D eigenvalue weighted by Crippen LogP contribution is -2.05. The van der Waals surface area contributed by atoms with Crippen LogP contribution >= 0.6 is 0 Å². The number of benzene rings is 1. The predicted octanol–water partition coefficient (Wildman–Crippen LogP) is 1.76. The maximum atomic E-state index is 5.57. The second kappa shape index (κ2) is 5.85.